The Morgan fingerprint density at radius 1 is 1.24 bits per heavy atom. The number of nitrogens with zero attached hydrogens (tertiary/aromatic N) is 2. The normalized spacial score (nSPS) is 10.7. The Kier molecular flexibility index (Phi) is 6.54. The van der Waals surface area contributed by atoms with E-state index in [1.807, 2.05) is 24.3 Å². The lowest BCUT2D eigenvalue weighted by Crippen LogP contribution is -2.31. The van der Waals surface area contributed by atoms with Crippen molar-refractivity contribution in [1.29, 1.82) is 0 Å². The highest BCUT2D eigenvalue weighted by atomic mass is 32.1. The molecule has 0 aliphatic heterocycles. The van der Waals surface area contributed by atoms with Gasteiger partial charge in [-0.15, -0.1) is 0 Å². The van der Waals surface area contributed by atoms with Gasteiger partial charge >= 0.3 is 0 Å². The van der Waals surface area contributed by atoms with Crippen LogP contribution in [0.25, 0.3) is 11.3 Å². The van der Waals surface area contributed by atoms with Gasteiger partial charge < -0.3 is 14.5 Å². The highest BCUT2D eigenvalue weighted by molar-refractivity contribution is 7.80. The van der Waals surface area contributed by atoms with Crippen LogP contribution in [0.3, 0.4) is 0 Å². The molecular formula is C20H18N4O4S. The molecule has 9 heteroatoms. The Bertz CT molecular complexity index is 1030. The Morgan fingerprint density at radius 2 is 2.03 bits per heavy atom. The van der Waals surface area contributed by atoms with Crippen molar-refractivity contribution in [3.8, 4) is 17.1 Å². The third-order valence-corrected chi connectivity index (χ3v) is 4.17. The lowest BCUT2D eigenvalue weighted by molar-refractivity contribution is -0.384. The maximum absolute atomic E-state index is 10.9. The molecular weight excluding hydrogens is 392 g/mol. The Hall–Kier alpha value is -3.72. The van der Waals surface area contributed by atoms with Crippen molar-refractivity contribution in [2.24, 2.45) is 5.10 Å². The van der Waals surface area contributed by atoms with Crippen LogP contribution in [0, 0.1) is 10.1 Å². The number of nitro groups is 1. The van der Waals surface area contributed by atoms with Gasteiger partial charge in [-0.3, -0.25) is 15.5 Å². The van der Waals surface area contributed by atoms with Crippen molar-refractivity contribution in [3.63, 3.8) is 0 Å². The first-order chi connectivity index (χ1) is 14.0. The van der Waals surface area contributed by atoms with Gasteiger partial charge in [0, 0.05) is 24.2 Å². The summed E-state index contributed by atoms with van der Waals surface area (Å²) in [4.78, 5) is 10.4. The average molecular weight is 410 g/mol. The topological polar surface area (TPSA) is 102 Å². The van der Waals surface area contributed by atoms with Gasteiger partial charge in [-0.1, -0.05) is 24.3 Å². The quantitative estimate of drug-likeness (QED) is 0.264. The maximum atomic E-state index is 10.9. The molecule has 1 heterocycles. The van der Waals surface area contributed by atoms with Crippen molar-refractivity contribution >= 4 is 29.2 Å². The predicted octanol–water partition coefficient (Wildman–Crippen LogP) is 3.86. The monoisotopic (exact) mass is 410 g/mol. The number of non-ortho nitro benzene ring substituents is 1. The minimum Gasteiger partial charge on any atom is -0.497 e. The molecule has 8 nitrogen and oxygen atoms in total. The molecule has 0 saturated heterocycles. The van der Waals surface area contributed by atoms with E-state index in [-0.39, 0.29) is 5.69 Å². The highest BCUT2D eigenvalue weighted by Gasteiger charge is 2.09. The van der Waals surface area contributed by atoms with E-state index in [4.69, 9.17) is 21.4 Å². The standard InChI is InChI=1S/C20H18N4O4S/c1-27-17-7-5-14(6-8-17)12-21-20(29)23-22-13-18-9-10-19(28-18)15-3-2-4-16(11-15)24(25)26/h2-11,13H,12H2,1H3,(H2,21,23,29)/b22-13-. The molecule has 0 saturated carbocycles. The van der Waals surface area contributed by atoms with E-state index in [0.29, 0.717) is 28.7 Å². The molecule has 0 unspecified atom stereocenters. The number of hydrogen-bond donors (Lipinski definition) is 2. The van der Waals surface area contributed by atoms with Crippen LogP contribution in [0.1, 0.15) is 11.3 Å². The predicted molar refractivity (Wildman–Crippen MR) is 114 cm³/mol. The van der Waals surface area contributed by atoms with Crippen LogP contribution in [-0.2, 0) is 6.54 Å². The van der Waals surface area contributed by atoms with Crippen molar-refractivity contribution in [2.45, 2.75) is 6.54 Å². The lowest BCUT2D eigenvalue weighted by Gasteiger charge is -2.07. The van der Waals surface area contributed by atoms with E-state index in [0.717, 1.165) is 11.3 Å². The molecule has 3 aromatic rings. The molecule has 2 aromatic carbocycles. The summed E-state index contributed by atoms with van der Waals surface area (Å²) < 4.78 is 10.8. The molecule has 3 rings (SSSR count). The molecule has 2 N–H and O–H groups in total. The number of benzene rings is 2. The fraction of sp³-hybridized carbons (Fsp3) is 0.100. The lowest BCUT2D eigenvalue weighted by atomic mass is 10.1. The first-order valence-corrected chi connectivity index (χ1v) is 9.00. The largest absolute Gasteiger partial charge is 0.497 e. The average Bonchev–Trinajstić information content (AvgIpc) is 3.21. The zero-order valence-electron chi connectivity index (χ0n) is 15.5. The SMILES string of the molecule is COc1ccc(CNC(=S)N/N=C\c2ccc(-c3cccc([N+](=O)[O-])c3)o2)cc1. The molecule has 1 aromatic heterocycles. The van der Waals surface area contributed by atoms with E-state index in [1.165, 1.54) is 18.3 Å². The van der Waals surface area contributed by atoms with E-state index < -0.39 is 4.92 Å². The number of nitro benzene ring substituents is 1. The van der Waals surface area contributed by atoms with E-state index in [1.54, 1.807) is 31.4 Å². The molecule has 0 aliphatic carbocycles. The molecule has 0 atom stereocenters. The van der Waals surface area contributed by atoms with E-state index >= 15 is 0 Å². The summed E-state index contributed by atoms with van der Waals surface area (Å²) in [6.45, 7) is 0.545. The van der Waals surface area contributed by atoms with Gasteiger partial charge in [0.2, 0.25) is 0 Å². The van der Waals surface area contributed by atoms with Crippen LogP contribution in [0.15, 0.2) is 70.2 Å². The summed E-state index contributed by atoms with van der Waals surface area (Å²) in [5.74, 6) is 1.79. The minimum absolute atomic E-state index is 0.00377. The fourth-order valence-electron chi connectivity index (χ4n) is 2.47. The number of methoxy groups -OCH3 is 1. The van der Waals surface area contributed by atoms with Gasteiger partial charge in [0.15, 0.2) is 5.11 Å². The number of hydrogen-bond acceptors (Lipinski definition) is 6. The highest BCUT2D eigenvalue weighted by Crippen LogP contribution is 2.25. The van der Waals surface area contributed by atoms with Gasteiger partial charge in [0.25, 0.3) is 5.69 Å². The van der Waals surface area contributed by atoms with Crippen molar-refractivity contribution in [2.75, 3.05) is 7.11 Å². The van der Waals surface area contributed by atoms with Gasteiger partial charge in [-0.05, 0) is 42.0 Å². The van der Waals surface area contributed by atoms with Crippen molar-refractivity contribution in [1.82, 2.24) is 10.7 Å². The summed E-state index contributed by atoms with van der Waals surface area (Å²) in [7, 11) is 1.62. The second-order valence-corrected chi connectivity index (χ2v) is 6.32. The summed E-state index contributed by atoms with van der Waals surface area (Å²) in [6.07, 6.45) is 1.47. The molecule has 0 radical (unpaired) electrons. The van der Waals surface area contributed by atoms with Crippen LogP contribution < -0.4 is 15.5 Å². The number of thiocarbonyl (C=S) groups is 1. The Morgan fingerprint density at radius 3 is 2.76 bits per heavy atom. The molecule has 0 bridgehead atoms. The van der Waals surface area contributed by atoms with Gasteiger partial charge in [0.1, 0.15) is 17.3 Å². The van der Waals surface area contributed by atoms with Crippen molar-refractivity contribution < 1.29 is 14.1 Å². The van der Waals surface area contributed by atoms with Crippen LogP contribution >= 0.6 is 12.2 Å². The third-order valence-electron chi connectivity index (χ3n) is 3.94. The molecule has 0 fully saturated rings. The van der Waals surface area contributed by atoms with Crippen molar-refractivity contribution in [3.05, 3.63) is 82.1 Å². The van der Waals surface area contributed by atoms with E-state index in [2.05, 4.69) is 15.8 Å². The smallest absolute Gasteiger partial charge is 0.270 e. The van der Waals surface area contributed by atoms with Crippen LogP contribution in [0.5, 0.6) is 5.75 Å². The number of nitrogens with one attached hydrogen (secondary N) is 2. The van der Waals surface area contributed by atoms with Crippen LogP contribution in [-0.4, -0.2) is 23.4 Å². The van der Waals surface area contributed by atoms with Crippen LogP contribution in [0.2, 0.25) is 0 Å². The molecule has 148 valence electrons. The number of rotatable bonds is 7. The summed E-state index contributed by atoms with van der Waals surface area (Å²) >= 11 is 5.18. The Balaban J connectivity index is 1.52. The summed E-state index contributed by atoms with van der Waals surface area (Å²) in [5.41, 5.74) is 4.38. The minimum atomic E-state index is -0.446. The molecule has 0 amide bonds. The number of hydrazone groups is 1. The molecule has 0 spiro atoms. The second-order valence-electron chi connectivity index (χ2n) is 5.91. The van der Waals surface area contributed by atoms with Crippen LogP contribution in [0.4, 0.5) is 5.69 Å². The first kappa shape index (κ1) is 20.0. The summed E-state index contributed by atoms with van der Waals surface area (Å²) in [6, 6.07) is 17.3. The summed E-state index contributed by atoms with van der Waals surface area (Å²) in [5, 5.41) is 18.3. The molecule has 0 aliphatic rings. The first-order valence-electron chi connectivity index (χ1n) is 8.59. The fourth-order valence-corrected chi connectivity index (χ4v) is 2.59. The Labute approximate surface area is 172 Å². The zero-order valence-corrected chi connectivity index (χ0v) is 16.3. The third kappa shape index (κ3) is 5.63. The van der Waals surface area contributed by atoms with Gasteiger partial charge in [0.05, 0.1) is 18.2 Å². The van der Waals surface area contributed by atoms with E-state index in [9.17, 15) is 10.1 Å². The maximum Gasteiger partial charge on any atom is 0.270 e. The molecule has 29 heavy (non-hydrogen) atoms. The second kappa shape index (κ2) is 9.47. The number of furan rings is 1. The van der Waals surface area contributed by atoms with Gasteiger partial charge in [-0.2, -0.15) is 5.10 Å². The van der Waals surface area contributed by atoms with Gasteiger partial charge in [-0.25, -0.2) is 0 Å². The number of ether oxygens (including phenoxy) is 1. The zero-order chi connectivity index (χ0) is 20.6.